The highest BCUT2D eigenvalue weighted by atomic mass is 32.2. The van der Waals surface area contributed by atoms with E-state index in [1.165, 1.54) is 0 Å². The number of benzene rings is 1. The first-order valence-corrected chi connectivity index (χ1v) is 6.99. The monoisotopic (exact) mass is 259 g/mol. The fourth-order valence-electron chi connectivity index (χ4n) is 1.16. The first kappa shape index (κ1) is 14.1. The molecule has 0 atom stereocenters. The minimum atomic E-state index is -3.43. The smallest absolute Gasteiger partial charge is 0.211 e. The molecule has 0 saturated heterocycles. The maximum Gasteiger partial charge on any atom is 0.211 e. The first-order valence-electron chi connectivity index (χ1n) is 5.28. The molecule has 0 aliphatic rings. The van der Waals surface area contributed by atoms with Gasteiger partial charge in [-0.15, -0.1) is 0 Å². The highest BCUT2D eigenvalue weighted by molar-refractivity contribution is 7.89. The minimum Gasteiger partial charge on any atom is -0.378 e. The number of primary sulfonamides is 1. The molecule has 0 aliphatic carbocycles. The largest absolute Gasteiger partial charge is 0.378 e. The van der Waals surface area contributed by atoms with Crippen LogP contribution < -0.4 is 5.14 Å². The summed E-state index contributed by atoms with van der Waals surface area (Å²) in [6.07, 6.45) is 0. The minimum absolute atomic E-state index is 0.105. The van der Waals surface area contributed by atoms with Gasteiger partial charge >= 0.3 is 0 Å². The van der Waals surface area contributed by atoms with E-state index in [-0.39, 0.29) is 12.4 Å². The van der Waals surface area contributed by atoms with Crippen LogP contribution in [0.2, 0.25) is 0 Å². The molecule has 0 amide bonds. The summed E-state index contributed by atoms with van der Waals surface area (Å²) in [7, 11) is -3.43. The average molecular weight is 259 g/mol. The van der Waals surface area contributed by atoms with Gasteiger partial charge in [0.15, 0.2) is 0 Å². The van der Waals surface area contributed by atoms with Crippen molar-refractivity contribution in [2.45, 2.75) is 6.61 Å². The van der Waals surface area contributed by atoms with E-state index in [1.54, 1.807) is 0 Å². The summed E-state index contributed by atoms with van der Waals surface area (Å²) in [5, 5.41) is 4.81. The molecule has 1 rings (SSSR count). The fourth-order valence-corrected chi connectivity index (χ4v) is 1.51. The first-order chi connectivity index (χ1) is 8.08. The molecular formula is C11H17NO4S. The van der Waals surface area contributed by atoms with Gasteiger partial charge in [0.25, 0.3) is 0 Å². The summed E-state index contributed by atoms with van der Waals surface area (Å²) in [5.41, 5.74) is 1.09. The van der Waals surface area contributed by atoms with E-state index in [4.69, 9.17) is 14.6 Å². The standard InChI is InChI=1S/C11H17NO4S/c12-17(13,14)9-8-15-6-7-16-10-11-4-2-1-3-5-11/h1-5H,6-10H2,(H2,12,13,14). The van der Waals surface area contributed by atoms with Crippen LogP contribution in [0.4, 0.5) is 0 Å². The van der Waals surface area contributed by atoms with Crippen LogP contribution in [0.15, 0.2) is 30.3 Å². The van der Waals surface area contributed by atoms with Crippen molar-refractivity contribution < 1.29 is 17.9 Å². The summed E-state index contributed by atoms with van der Waals surface area (Å²) in [4.78, 5) is 0. The zero-order valence-electron chi connectivity index (χ0n) is 9.54. The summed E-state index contributed by atoms with van der Waals surface area (Å²) >= 11 is 0. The Bertz CT molecular complexity index is 405. The third-order valence-corrected chi connectivity index (χ3v) is 2.73. The molecular weight excluding hydrogens is 242 g/mol. The normalized spacial score (nSPS) is 11.6. The van der Waals surface area contributed by atoms with Crippen molar-refractivity contribution in [2.24, 2.45) is 5.14 Å². The van der Waals surface area contributed by atoms with Crippen molar-refractivity contribution in [3.05, 3.63) is 35.9 Å². The van der Waals surface area contributed by atoms with Crippen molar-refractivity contribution in [3.8, 4) is 0 Å². The van der Waals surface area contributed by atoms with Gasteiger partial charge in [-0.25, -0.2) is 13.6 Å². The average Bonchev–Trinajstić information content (AvgIpc) is 2.28. The zero-order valence-corrected chi connectivity index (χ0v) is 10.4. The van der Waals surface area contributed by atoms with Crippen molar-refractivity contribution >= 4 is 10.0 Å². The van der Waals surface area contributed by atoms with E-state index in [9.17, 15) is 8.42 Å². The zero-order chi connectivity index (χ0) is 12.6. The Hall–Kier alpha value is -0.950. The van der Waals surface area contributed by atoms with Crippen LogP contribution in [0, 0.1) is 0 Å². The number of hydrogen-bond acceptors (Lipinski definition) is 4. The molecule has 17 heavy (non-hydrogen) atoms. The number of hydrogen-bond donors (Lipinski definition) is 1. The Morgan fingerprint density at radius 1 is 1.00 bits per heavy atom. The summed E-state index contributed by atoms with van der Waals surface area (Å²) in [6, 6.07) is 9.78. The van der Waals surface area contributed by atoms with Gasteiger partial charge in [0.2, 0.25) is 10.0 Å². The van der Waals surface area contributed by atoms with E-state index >= 15 is 0 Å². The lowest BCUT2D eigenvalue weighted by molar-refractivity contribution is 0.0459. The second kappa shape index (κ2) is 7.39. The Morgan fingerprint density at radius 3 is 2.29 bits per heavy atom. The molecule has 2 N–H and O–H groups in total. The third-order valence-electron chi connectivity index (χ3n) is 2.00. The maximum atomic E-state index is 10.6. The van der Waals surface area contributed by atoms with Gasteiger partial charge < -0.3 is 9.47 Å². The van der Waals surface area contributed by atoms with E-state index in [0.29, 0.717) is 19.8 Å². The maximum absolute atomic E-state index is 10.6. The summed E-state index contributed by atoms with van der Waals surface area (Å²) in [6.45, 7) is 1.43. The Morgan fingerprint density at radius 2 is 1.65 bits per heavy atom. The van der Waals surface area contributed by atoms with Crippen LogP contribution in [0.5, 0.6) is 0 Å². The highest BCUT2D eigenvalue weighted by Crippen LogP contribution is 1.99. The van der Waals surface area contributed by atoms with Crippen LogP contribution in [0.25, 0.3) is 0 Å². The van der Waals surface area contributed by atoms with Crippen LogP contribution in [-0.4, -0.2) is 34.0 Å². The Kier molecular flexibility index (Phi) is 6.13. The van der Waals surface area contributed by atoms with Crippen LogP contribution >= 0.6 is 0 Å². The molecule has 0 aliphatic heterocycles. The molecule has 0 heterocycles. The van der Waals surface area contributed by atoms with Crippen molar-refractivity contribution in [1.82, 2.24) is 0 Å². The molecule has 0 aromatic heterocycles. The molecule has 0 fully saturated rings. The number of ether oxygens (including phenoxy) is 2. The Labute approximate surface area is 102 Å². The second-order valence-electron chi connectivity index (χ2n) is 3.52. The second-order valence-corrected chi connectivity index (χ2v) is 5.25. The molecule has 1 aromatic carbocycles. The topological polar surface area (TPSA) is 78.6 Å². The van der Waals surface area contributed by atoms with Crippen molar-refractivity contribution in [1.29, 1.82) is 0 Å². The molecule has 0 spiro atoms. The molecule has 0 unspecified atom stereocenters. The summed E-state index contributed by atoms with van der Waals surface area (Å²) < 4.78 is 31.6. The number of rotatable bonds is 8. The van der Waals surface area contributed by atoms with Gasteiger partial charge in [0.1, 0.15) is 0 Å². The predicted octanol–water partition coefficient (Wildman–Crippen LogP) is 0.508. The summed E-state index contributed by atoms with van der Waals surface area (Å²) in [5.74, 6) is -0.161. The van der Waals surface area contributed by atoms with Gasteiger partial charge in [0.05, 0.1) is 32.2 Å². The van der Waals surface area contributed by atoms with E-state index in [2.05, 4.69) is 0 Å². The van der Waals surface area contributed by atoms with Crippen LogP contribution in [0.3, 0.4) is 0 Å². The quantitative estimate of drug-likeness (QED) is 0.690. The molecule has 6 heteroatoms. The molecule has 0 bridgehead atoms. The molecule has 1 aromatic rings. The highest BCUT2D eigenvalue weighted by Gasteiger charge is 2.01. The van der Waals surface area contributed by atoms with E-state index in [1.807, 2.05) is 30.3 Å². The van der Waals surface area contributed by atoms with Crippen molar-refractivity contribution in [3.63, 3.8) is 0 Å². The number of nitrogens with two attached hydrogens (primary N) is 1. The molecule has 96 valence electrons. The molecule has 0 radical (unpaired) electrons. The number of sulfonamides is 1. The van der Waals surface area contributed by atoms with Gasteiger partial charge in [-0.3, -0.25) is 0 Å². The van der Waals surface area contributed by atoms with Gasteiger partial charge in [-0.1, -0.05) is 30.3 Å². The Balaban J connectivity index is 1.99. The van der Waals surface area contributed by atoms with Gasteiger partial charge in [-0.05, 0) is 5.56 Å². The lowest BCUT2D eigenvalue weighted by Crippen LogP contribution is -2.21. The lowest BCUT2D eigenvalue weighted by Gasteiger charge is -2.05. The lowest BCUT2D eigenvalue weighted by atomic mass is 10.2. The SMILES string of the molecule is NS(=O)(=O)CCOCCOCc1ccccc1. The van der Waals surface area contributed by atoms with Crippen LogP contribution in [-0.2, 0) is 26.1 Å². The predicted molar refractivity (Wildman–Crippen MR) is 64.9 cm³/mol. The van der Waals surface area contributed by atoms with Crippen LogP contribution in [0.1, 0.15) is 5.56 Å². The van der Waals surface area contributed by atoms with E-state index < -0.39 is 10.0 Å². The molecule has 0 saturated carbocycles. The molecule has 5 nitrogen and oxygen atoms in total. The van der Waals surface area contributed by atoms with Gasteiger partial charge in [-0.2, -0.15) is 0 Å². The third kappa shape index (κ3) is 7.87. The van der Waals surface area contributed by atoms with Gasteiger partial charge in [0, 0.05) is 0 Å². The van der Waals surface area contributed by atoms with Crippen molar-refractivity contribution in [2.75, 3.05) is 25.6 Å². The fraction of sp³-hybridized carbons (Fsp3) is 0.455. The van der Waals surface area contributed by atoms with E-state index in [0.717, 1.165) is 5.56 Å².